The number of nitrogens with zero attached hydrogens (tertiary/aromatic N) is 2. The summed E-state index contributed by atoms with van der Waals surface area (Å²) in [5, 5.41) is 0. The Labute approximate surface area is 145 Å². The van der Waals surface area contributed by atoms with E-state index in [9.17, 15) is 9.59 Å². The van der Waals surface area contributed by atoms with E-state index in [1.54, 1.807) is 13.1 Å². The number of rotatable bonds is 6. The molecule has 0 radical (unpaired) electrons. The van der Waals surface area contributed by atoms with Crippen molar-refractivity contribution in [1.29, 1.82) is 0 Å². The van der Waals surface area contributed by atoms with Crippen LogP contribution in [0.3, 0.4) is 0 Å². The van der Waals surface area contributed by atoms with Crippen LogP contribution in [0.15, 0.2) is 53.5 Å². The number of pyridine rings is 1. The molecular weight excluding hydrogens is 316 g/mol. The molecule has 2 aromatic heterocycles. The number of hydrogen-bond donors (Lipinski definition) is 0. The second-order valence-corrected chi connectivity index (χ2v) is 6.16. The van der Waals surface area contributed by atoms with E-state index in [-0.39, 0.29) is 17.9 Å². The van der Waals surface area contributed by atoms with Gasteiger partial charge in [-0.05, 0) is 49.6 Å². The summed E-state index contributed by atoms with van der Waals surface area (Å²) in [6.45, 7) is 3.76. The monoisotopic (exact) mass is 336 g/mol. The first-order valence-electron chi connectivity index (χ1n) is 8.21. The highest BCUT2D eigenvalue weighted by Crippen LogP contribution is 2.15. The molecule has 0 saturated carbocycles. The average molecular weight is 336 g/mol. The fraction of sp³-hybridized carbons (Fsp3) is 0.250. The number of fused-ring (bicyclic) bond motifs is 1. The van der Waals surface area contributed by atoms with Gasteiger partial charge in [-0.25, -0.2) is 4.98 Å². The quantitative estimate of drug-likeness (QED) is 0.694. The van der Waals surface area contributed by atoms with Gasteiger partial charge in [-0.2, -0.15) is 0 Å². The van der Waals surface area contributed by atoms with Crippen LogP contribution in [0, 0.1) is 6.92 Å². The van der Waals surface area contributed by atoms with Crippen LogP contribution < -0.4 is 10.3 Å². The van der Waals surface area contributed by atoms with Crippen molar-refractivity contribution in [1.82, 2.24) is 9.38 Å². The van der Waals surface area contributed by atoms with Gasteiger partial charge in [-0.1, -0.05) is 18.2 Å². The van der Waals surface area contributed by atoms with Crippen molar-refractivity contribution in [3.05, 3.63) is 75.8 Å². The van der Waals surface area contributed by atoms with E-state index in [0.29, 0.717) is 23.5 Å². The molecule has 3 rings (SSSR count). The van der Waals surface area contributed by atoms with Crippen LogP contribution in [0.25, 0.3) is 5.65 Å². The molecule has 0 aliphatic heterocycles. The Kier molecular flexibility index (Phi) is 4.93. The Morgan fingerprint density at radius 3 is 2.64 bits per heavy atom. The molecule has 0 amide bonds. The molecule has 0 bridgehead atoms. The smallest absolute Gasteiger partial charge is 0.258 e. The van der Waals surface area contributed by atoms with Crippen LogP contribution in [0.5, 0.6) is 5.75 Å². The zero-order valence-corrected chi connectivity index (χ0v) is 14.4. The molecule has 25 heavy (non-hydrogen) atoms. The van der Waals surface area contributed by atoms with Crippen LogP contribution in [-0.4, -0.2) is 15.2 Å². The van der Waals surface area contributed by atoms with E-state index in [4.69, 9.17) is 4.74 Å². The summed E-state index contributed by atoms with van der Waals surface area (Å²) in [6.07, 6.45) is 3.05. The van der Waals surface area contributed by atoms with Gasteiger partial charge in [0.05, 0.1) is 5.69 Å². The lowest BCUT2D eigenvalue weighted by atomic mass is 10.1. The van der Waals surface area contributed by atoms with Gasteiger partial charge in [0.25, 0.3) is 5.56 Å². The molecule has 0 aliphatic rings. The minimum absolute atomic E-state index is 0.119. The molecule has 2 heterocycles. The van der Waals surface area contributed by atoms with Crippen LogP contribution in [0.2, 0.25) is 0 Å². The fourth-order valence-electron chi connectivity index (χ4n) is 2.56. The highest BCUT2D eigenvalue weighted by molar-refractivity contribution is 5.75. The van der Waals surface area contributed by atoms with Gasteiger partial charge in [0.15, 0.2) is 0 Å². The molecule has 5 heteroatoms. The van der Waals surface area contributed by atoms with Crippen LogP contribution in [0.1, 0.15) is 30.2 Å². The van der Waals surface area contributed by atoms with Crippen molar-refractivity contribution in [2.75, 3.05) is 0 Å². The van der Waals surface area contributed by atoms with Gasteiger partial charge in [0, 0.05) is 18.7 Å². The SMILES string of the molecule is CC(=O)CCc1ccc(OCc2cc(=O)n3cc(C)ccc3n2)cc1. The average Bonchev–Trinajstić information content (AvgIpc) is 2.59. The van der Waals surface area contributed by atoms with E-state index in [2.05, 4.69) is 4.98 Å². The highest BCUT2D eigenvalue weighted by atomic mass is 16.5. The zero-order chi connectivity index (χ0) is 17.8. The first-order valence-corrected chi connectivity index (χ1v) is 8.21. The molecule has 128 valence electrons. The number of carbonyl (C=O) groups excluding carboxylic acids is 1. The molecule has 0 aliphatic carbocycles. The molecule has 3 aromatic rings. The molecule has 0 saturated heterocycles. The topological polar surface area (TPSA) is 60.7 Å². The number of ketones is 1. The molecule has 0 spiro atoms. The summed E-state index contributed by atoms with van der Waals surface area (Å²) in [5.41, 5.74) is 3.18. The number of Topliss-reactive ketones (excluding diaryl/α,β-unsaturated/α-hetero) is 1. The van der Waals surface area contributed by atoms with E-state index in [1.165, 1.54) is 10.5 Å². The first kappa shape index (κ1) is 16.9. The maximum absolute atomic E-state index is 12.2. The molecule has 1 aromatic carbocycles. The van der Waals surface area contributed by atoms with Crippen molar-refractivity contribution in [2.24, 2.45) is 0 Å². The Hall–Kier alpha value is -2.95. The number of hydrogen-bond acceptors (Lipinski definition) is 4. The third-order valence-electron chi connectivity index (χ3n) is 3.94. The number of ether oxygens (including phenoxy) is 1. The Balaban J connectivity index is 1.69. The molecule has 0 atom stereocenters. The van der Waals surface area contributed by atoms with Crippen LogP contribution in [0.4, 0.5) is 0 Å². The van der Waals surface area contributed by atoms with Crippen molar-refractivity contribution in [2.45, 2.75) is 33.3 Å². The van der Waals surface area contributed by atoms with Crippen molar-refractivity contribution in [3.63, 3.8) is 0 Å². The second-order valence-electron chi connectivity index (χ2n) is 6.16. The third-order valence-corrected chi connectivity index (χ3v) is 3.94. The number of aryl methyl sites for hydroxylation is 2. The fourth-order valence-corrected chi connectivity index (χ4v) is 2.56. The van der Waals surface area contributed by atoms with Gasteiger partial charge in [-0.3, -0.25) is 9.20 Å². The summed E-state index contributed by atoms with van der Waals surface area (Å²) in [7, 11) is 0. The molecule has 0 fully saturated rings. The Bertz CT molecular complexity index is 959. The molecular formula is C20H20N2O3. The lowest BCUT2D eigenvalue weighted by Crippen LogP contribution is -2.16. The predicted octanol–water partition coefficient (Wildman–Crippen LogP) is 3.10. The van der Waals surface area contributed by atoms with Gasteiger partial charge in [0.2, 0.25) is 0 Å². The maximum atomic E-state index is 12.2. The van der Waals surface area contributed by atoms with Gasteiger partial charge in [0.1, 0.15) is 23.8 Å². The summed E-state index contributed by atoms with van der Waals surface area (Å²) in [4.78, 5) is 27.7. The number of carbonyl (C=O) groups is 1. The van der Waals surface area contributed by atoms with E-state index >= 15 is 0 Å². The summed E-state index contributed by atoms with van der Waals surface area (Å²) in [6, 6.07) is 12.9. The van der Waals surface area contributed by atoms with Crippen LogP contribution >= 0.6 is 0 Å². The second kappa shape index (κ2) is 7.30. The number of aromatic nitrogens is 2. The maximum Gasteiger partial charge on any atom is 0.258 e. The normalized spacial score (nSPS) is 10.8. The van der Waals surface area contributed by atoms with E-state index in [0.717, 1.165) is 17.5 Å². The van der Waals surface area contributed by atoms with Gasteiger partial charge < -0.3 is 9.53 Å². The van der Waals surface area contributed by atoms with Crippen LogP contribution in [-0.2, 0) is 17.8 Å². The lowest BCUT2D eigenvalue weighted by molar-refractivity contribution is -0.116. The third kappa shape index (κ3) is 4.32. The molecule has 0 N–H and O–H groups in total. The Morgan fingerprint density at radius 1 is 1.16 bits per heavy atom. The standard InChI is InChI=1S/C20H20N2O3/c1-14-3-10-19-21-17(11-20(24)22(19)12-14)13-25-18-8-6-16(7-9-18)5-4-15(2)23/h3,6-12H,4-5,13H2,1-2H3. The minimum atomic E-state index is -0.119. The highest BCUT2D eigenvalue weighted by Gasteiger charge is 2.04. The molecule has 5 nitrogen and oxygen atoms in total. The van der Waals surface area contributed by atoms with E-state index < -0.39 is 0 Å². The zero-order valence-electron chi connectivity index (χ0n) is 14.4. The predicted molar refractivity (Wildman–Crippen MR) is 96.0 cm³/mol. The first-order chi connectivity index (χ1) is 12.0. The number of benzene rings is 1. The summed E-state index contributed by atoms with van der Waals surface area (Å²) < 4.78 is 7.25. The van der Waals surface area contributed by atoms with Gasteiger partial charge >= 0.3 is 0 Å². The lowest BCUT2D eigenvalue weighted by Gasteiger charge is -2.08. The largest absolute Gasteiger partial charge is 0.487 e. The summed E-state index contributed by atoms with van der Waals surface area (Å²) >= 11 is 0. The Morgan fingerprint density at radius 2 is 1.92 bits per heavy atom. The van der Waals surface area contributed by atoms with Crippen molar-refractivity contribution >= 4 is 11.4 Å². The minimum Gasteiger partial charge on any atom is -0.487 e. The van der Waals surface area contributed by atoms with E-state index in [1.807, 2.05) is 43.3 Å². The van der Waals surface area contributed by atoms with Gasteiger partial charge in [-0.15, -0.1) is 0 Å². The van der Waals surface area contributed by atoms with Crippen molar-refractivity contribution < 1.29 is 9.53 Å². The summed E-state index contributed by atoms with van der Waals surface area (Å²) in [5.74, 6) is 0.890. The molecule has 0 unspecified atom stereocenters. The van der Waals surface area contributed by atoms with Crippen molar-refractivity contribution in [3.8, 4) is 5.75 Å².